The maximum Gasteiger partial charge on any atom is 0.416 e. The van der Waals surface area contributed by atoms with E-state index >= 15 is 0 Å². The number of benzene rings is 2. The van der Waals surface area contributed by atoms with Crippen molar-refractivity contribution in [1.82, 2.24) is 4.98 Å². The Morgan fingerprint density at radius 2 is 1.64 bits per heavy atom. The molecule has 22 heavy (non-hydrogen) atoms. The van der Waals surface area contributed by atoms with E-state index in [9.17, 15) is 13.2 Å². The van der Waals surface area contributed by atoms with Gasteiger partial charge in [-0.3, -0.25) is 4.98 Å². The second-order valence-corrected chi connectivity index (χ2v) is 5.10. The first-order chi connectivity index (χ1) is 10.5. The molecule has 3 rings (SSSR count). The number of aromatic nitrogens is 1. The number of alkyl halides is 3. The van der Waals surface area contributed by atoms with Crippen molar-refractivity contribution in [3.63, 3.8) is 0 Å². The molecule has 112 valence electrons. The lowest BCUT2D eigenvalue weighted by atomic mass is 10.0. The minimum absolute atomic E-state index is 0.646. The molecule has 2 aromatic carbocycles. The van der Waals surface area contributed by atoms with E-state index in [1.165, 1.54) is 12.1 Å². The summed E-state index contributed by atoms with van der Waals surface area (Å²) in [5.41, 5.74) is 1.69. The molecule has 0 N–H and O–H groups in total. The van der Waals surface area contributed by atoms with Gasteiger partial charge in [-0.05, 0) is 30.0 Å². The van der Waals surface area contributed by atoms with E-state index in [-0.39, 0.29) is 0 Å². The molecule has 0 amide bonds. The summed E-state index contributed by atoms with van der Waals surface area (Å²) in [6, 6.07) is 15.0. The zero-order valence-corrected chi connectivity index (χ0v) is 12.0. The molecule has 1 heterocycles. The summed E-state index contributed by atoms with van der Waals surface area (Å²) in [6.45, 7) is 2.02. The van der Waals surface area contributed by atoms with E-state index < -0.39 is 11.7 Å². The minimum atomic E-state index is -4.32. The van der Waals surface area contributed by atoms with Crippen LogP contribution in [0.2, 0.25) is 0 Å². The van der Waals surface area contributed by atoms with Crippen LogP contribution >= 0.6 is 0 Å². The highest BCUT2D eigenvalue weighted by Crippen LogP contribution is 2.31. The molecule has 0 aliphatic carbocycles. The van der Waals surface area contributed by atoms with Gasteiger partial charge in [-0.15, -0.1) is 0 Å². The van der Waals surface area contributed by atoms with Crippen LogP contribution in [0.1, 0.15) is 18.2 Å². The van der Waals surface area contributed by atoms with Crippen LogP contribution in [0.4, 0.5) is 13.2 Å². The van der Waals surface area contributed by atoms with E-state index in [1.807, 2.05) is 37.3 Å². The predicted molar refractivity (Wildman–Crippen MR) is 81.6 cm³/mol. The number of pyridine rings is 1. The highest BCUT2D eigenvalue weighted by atomic mass is 19.4. The standard InChI is InChI=1S/C18H14F3N/c1-2-16-15-6-4-3-5-13(15)11-17(22-16)12-7-9-14(10-8-12)18(19,20)21/h3-11H,2H2,1H3. The van der Waals surface area contributed by atoms with E-state index in [1.54, 1.807) is 0 Å². The topological polar surface area (TPSA) is 12.9 Å². The summed E-state index contributed by atoms with van der Waals surface area (Å²) >= 11 is 0. The maximum absolute atomic E-state index is 12.6. The average molecular weight is 301 g/mol. The molecular weight excluding hydrogens is 287 g/mol. The molecule has 4 heteroatoms. The third kappa shape index (κ3) is 2.69. The van der Waals surface area contributed by atoms with Gasteiger partial charge in [-0.25, -0.2) is 0 Å². The Kier molecular flexibility index (Phi) is 3.61. The first-order valence-electron chi connectivity index (χ1n) is 7.05. The summed E-state index contributed by atoms with van der Waals surface area (Å²) in [5.74, 6) is 0. The van der Waals surface area contributed by atoms with E-state index in [4.69, 9.17) is 0 Å². The molecule has 1 nitrogen and oxygen atoms in total. The molecule has 0 bridgehead atoms. The second kappa shape index (κ2) is 5.44. The Labute approximate surface area is 126 Å². The zero-order valence-electron chi connectivity index (χ0n) is 12.0. The van der Waals surface area contributed by atoms with Crippen LogP contribution in [-0.2, 0) is 12.6 Å². The van der Waals surface area contributed by atoms with Gasteiger partial charge in [0.25, 0.3) is 0 Å². The highest BCUT2D eigenvalue weighted by Gasteiger charge is 2.30. The molecule has 0 unspecified atom stereocenters. The lowest BCUT2D eigenvalue weighted by Crippen LogP contribution is -2.04. The van der Waals surface area contributed by atoms with Gasteiger partial charge in [0.1, 0.15) is 0 Å². The van der Waals surface area contributed by atoms with Gasteiger partial charge in [0, 0.05) is 16.6 Å². The molecule has 0 saturated heterocycles. The smallest absolute Gasteiger partial charge is 0.252 e. The second-order valence-electron chi connectivity index (χ2n) is 5.10. The first-order valence-corrected chi connectivity index (χ1v) is 7.05. The number of rotatable bonds is 2. The van der Waals surface area contributed by atoms with Gasteiger partial charge in [0.15, 0.2) is 0 Å². The Morgan fingerprint density at radius 1 is 0.955 bits per heavy atom. The average Bonchev–Trinajstić information content (AvgIpc) is 2.53. The first kappa shape index (κ1) is 14.6. The number of hydrogen-bond acceptors (Lipinski definition) is 1. The summed E-state index contributed by atoms with van der Waals surface area (Å²) in [6.07, 6.45) is -3.54. The number of nitrogens with zero attached hydrogens (tertiary/aromatic N) is 1. The van der Waals surface area contributed by atoms with Crippen molar-refractivity contribution >= 4 is 10.8 Å². The molecular formula is C18H14F3N. The van der Waals surface area contributed by atoms with Crippen LogP contribution < -0.4 is 0 Å². The lowest BCUT2D eigenvalue weighted by molar-refractivity contribution is -0.137. The number of hydrogen-bond donors (Lipinski definition) is 0. The van der Waals surface area contributed by atoms with Gasteiger partial charge >= 0.3 is 6.18 Å². The number of halogens is 3. The van der Waals surface area contributed by atoms with Crippen molar-refractivity contribution in [3.05, 3.63) is 65.9 Å². The van der Waals surface area contributed by atoms with E-state index in [0.29, 0.717) is 11.3 Å². The quantitative estimate of drug-likeness (QED) is 0.610. The van der Waals surface area contributed by atoms with E-state index in [0.717, 1.165) is 35.0 Å². The summed E-state index contributed by atoms with van der Waals surface area (Å²) < 4.78 is 37.9. The summed E-state index contributed by atoms with van der Waals surface area (Å²) in [5, 5.41) is 2.13. The monoisotopic (exact) mass is 301 g/mol. The van der Waals surface area contributed by atoms with Gasteiger partial charge in [-0.1, -0.05) is 43.3 Å². The number of aryl methyl sites for hydroxylation is 1. The molecule has 0 spiro atoms. The van der Waals surface area contributed by atoms with Crippen molar-refractivity contribution in [2.45, 2.75) is 19.5 Å². The fraction of sp³-hybridized carbons (Fsp3) is 0.167. The van der Waals surface area contributed by atoms with Crippen LogP contribution in [0, 0.1) is 0 Å². The zero-order chi connectivity index (χ0) is 15.7. The third-order valence-electron chi connectivity index (χ3n) is 3.66. The molecule has 3 aromatic rings. The highest BCUT2D eigenvalue weighted by molar-refractivity contribution is 5.87. The van der Waals surface area contributed by atoms with Crippen LogP contribution in [0.5, 0.6) is 0 Å². The van der Waals surface area contributed by atoms with Crippen molar-refractivity contribution in [2.75, 3.05) is 0 Å². The normalized spacial score (nSPS) is 11.8. The Hall–Kier alpha value is -2.36. The molecule has 1 aromatic heterocycles. The fourth-order valence-electron chi connectivity index (χ4n) is 2.52. The van der Waals surface area contributed by atoms with Crippen LogP contribution in [0.15, 0.2) is 54.6 Å². The molecule has 0 aliphatic rings. The van der Waals surface area contributed by atoms with Crippen molar-refractivity contribution in [2.24, 2.45) is 0 Å². The van der Waals surface area contributed by atoms with Gasteiger partial charge < -0.3 is 0 Å². The lowest BCUT2D eigenvalue weighted by Gasteiger charge is -2.10. The third-order valence-corrected chi connectivity index (χ3v) is 3.66. The van der Waals surface area contributed by atoms with Crippen molar-refractivity contribution in [1.29, 1.82) is 0 Å². The largest absolute Gasteiger partial charge is 0.416 e. The van der Waals surface area contributed by atoms with Crippen LogP contribution in [0.25, 0.3) is 22.0 Å². The Morgan fingerprint density at radius 3 is 2.27 bits per heavy atom. The van der Waals surface area contributed by atoms with Crippen LogP contribution in [-0.4, -0.2) is 4.98 Å². The van der Waals surface area contributed by atoms with Crippen LogP contribution in [0.3, 0.4) is 0 Å². The molecule has 0 radical (unpaired) electrons. The fourth-order valence-corrected chi connectivity index (χ4v) is 2.52. The van der Waals surface area contributed by atoms with Crippen molar-refractivity contribution in [3.8, 4) is 11.3 Å². The molecule has 0 fully saturated rings. The Bertz CT molecular complexity index is 805. The van der Waals surface area contributed by atoms with Gasteiger partial charge in [0.05, 0.1) is 11.3 Å². The summed E-state index contributed by atoms with van der Waals surface area (Å²) in [4.78, 5) is 4.60. The van der Waals surface area contributed by atoms with Gasteiger partial charge in [0.2, 0.25) is 0 Å². The minimum Gasteiger partial charge on any atom is -0.252 e. The van der Waals surface area contributed by atoms with Gasteiger partial charge in [-0.2, -0.15) is 13.2 Å². The van der Waals surface area contributed by atoms with E-state index in [2.05, 4.69) is 4.98 Å². The SMILES string of the molecule is CCc1nc(-c2ccc(C(F)(F)F)cc2)cc2ccccc12. The predicted octanol–water partition coefficient (Wildman–Crippen LogP) is 5.48. The summed E-state index contributed by atoms with van der Waals surface area (Å²) in [7, 11) is 0. The number of fused-ring (bicyclic) bond motifs is 1. The Balaban J connectivity index is 2.10. The van der Waals surface area contributed by atoms with Crippen molar-refractivity contribution < 1.29 is 13.2 Å². The maximum atomic E-state index is 12.6. The molecule has 0 aliphatic heterocycles. The molecule has 0 saturated carbocycles. The molecule has 0 atom stereocenters.